The Bertz CT molecular complexity index is 409. The first-order chi connectivity index (χ1) is 7.97. The number of hydrogen-bond donors (Lipinski definition) is 1. The number of ketones is 1. The number of fused-ring (bicyclic) bond motifs is 2. The highest BCUT2D eigenvalue weighted by Crippen LogP contribution is 2.59. The van der Waals surface area contributed by atoms with Crippen LogP contribution in [0.4, 0.5) is 0 Å². The van der Waals surface area contributed by atoms with Crippen LogP contribution in [0.2, 0.25) is 0 Å². The van der Waals surface area contributed by atoms with Crippen molar-refractivity contribution < 1.29 is 9.90 Å². The maximum absolute atomic E-state index is 12.2. The zero-order valence-electron chi connectivity index (χ0n) is 10.9. The fourth-order valence-electron chi connectivity index (χ4n) is 4.30. The fraction of sp³-hybridized carbons (Fsp3) is 0.800. The van der Waals surface area contributed by atoms with Crippen LogP contribution in [0.25, 0.3) is 0 Å². The highest BCUT2D eigenvalue weighted by Gasteiger charge is 2.52. The number of carbonyl (C=O) groups excluding carboxylic acids is 1. The van der Waals surface area contributed by atoms with Crippen molar-refractivity contribution in [2.45, 2.75) is 64.9 Å². The highest BCUT2D eigenvalue weighted by molar-refractivity contribution is 6.00. The molecule has 1 N–H and O–H groups in total. The van der Waals surface area contributed by atoms with E-state index in [2.05, 4.69) is 13.8 Å². The highest BCUT2D eigenvalue weighted by atomic mass is 16.3. The van der Waals surface area contributed by atoms with E-state index in [0.29, 0.717) is 5.78 Å². The smallest absolute Gasteiger partial charge is 0.159 e. The van der Waals surface area contributed by atoms with Crippen LogP contribution >= 0.6 is 0 Å². The molecule has 0 spiro atoms. The first-order valence-corrected chi connectivity index (χ1v) is 6.93. The summed E-state index contributed by atoms with van der Waals surface area (Å²) in [5, 5.41) is 10.3. The van der Waals surface area contributed by atoms with Gasteiger partial charge in [-0.05, 0) is 43.9 Å². The normalized spacial score (nSPS) is 45.8. The summed E-state index contributed by atoms with van der Waals surface area (Å²) in [4.78, 5) is 12.2. The van der Waals surface area contributed by atoms with E-state index >= 15 is 0 Å². The Balaban J connectivity index is 2.16. The first-order valence-electron chi connectivity index (χ1n) is 6.93. The number of hydrogen-bond acceptors (Lipinski definition) is 2. The van der Waals surface area contributed by atoms with Gasteiger partial charge in [0.25, 0.3) is 0 Å². The summed E-state index contributed by atoms with van der Waals surface area (Å²) in [6, 6.07) is 0. The second-order valence-electron chi connectivity index (χ2n) is 6.66. The summed E-state index contributed by atoms with van der Waals surface area (Å²) in [5.41, 5.74) is 2.45. The van der Waals surface area contributed by atoms with Crippen molar-refractivity contribution in [1.29, 1.82) is 0 Å². The Hall–Kier alpha value is -0.630. The Labute approximate surface area is 103 Å². The number of aliphatic hydroxyl groups is 1. The van der Waals surface area contributed by atoms with Crippen LogP contribution < -0.4 is 0 Å². The molecule has 0 aromatic carbocycles. The van der Waals surface area contributed by atoms with Gasteiger partial charge in [-0.1, -0.05) is 19.4 Å². The molecule has 2 saturated carbocycles. The molecule has 2 heteroatoms. The number of allylic oxidation sites excluding steroid dienone is 1. The third-order valence-electron chi connectivity index (χ3n) is 5.61. The van der Waals surface area contributed by atoms with Crippen LogP contribution in [0, 0.1) is 10.8 Å². The summed E-state index contributed by atoms with van der Waals surface area (Å²) < 4.78 is 0. The van der Waals surface area contributed by atoms with Crippen molar-refractivity contribution in [3.05, 3.63) is 11.1 Å². The number of rotatable bonds is 0. The van der Waals surface area contributed by atoms with E-state index in [1.807, 2.05) is 0 Å². The molecule has 17 heavy (non-hydrogen) atoms. The average molecular weight is 234 g/mol. The predicted octanol–water partition coefficient (Wildman–Crippen LogP) is 3.00. The molecule has 0 saturated heterocycles. The van der Waals surface area contributed by atoms with Gasteiger partial charge in [-0.2, -0.15) is 0 Å². The van der Waals surface area contributed by atoms with E-state index in [1.165, 1.54) is 5.57 Å². The van der Waals surface area contributed by atoms with Crippen molar-refractivity contribution in [1.82, 2.24) is 0 Å². The van der Waals surface area contributed by atoms with Gasteiger partial charge in [-0.25, -0.2) is 0 Å². The van der Waals surface area contributed by atoms with Crippen molar-refractivity contribution in [3.63, 3.8) is 0 Å². The van der Waals surface area contributed by atoms with E-state index in [0.717, 1.165) is 50.5 Å². The molecule has 3 aliphatic carbocycles. The van der Waals surface area contributed by atoms with E-state index in [4.69, 9.17) is 0 Å². The maximum Gasteiger partial charge on any atom is 0.159 e. The maximum atomic E-state index is 12.2. The second kappa shape index (κ2) is 3.44. The van der Waals surface area contributed by atoms with Crippen molar-refractivity contribution in [2.75, 3.05) is 0 Å². The molecule has 0 radical (unpaired) electrons. The van der Waals surface area contributed by atoms with Crippen molar-refractivity contribution >= 4 is 5.78 Å². The van der Waals surface area contributed by atoms with Crippen LogP contribution in [0.15, 0.2) is 11.1 Å². The summed E-state index contributed by atoms with van der Waals surface area (Å²) in [6.45, 7) is 4.42. The summed E-state index contributed by atoms with van der Waals surface area (Å²) in [7, 11) is 0. The Morgan fingerprint density at radius 2 is 1.94 bits per heavy atom. The minimum absolute atomic E-state index is 0.104. The molecule has 0 bridgehead atoms. The topological polar surface area (TPSA) is 37.3 Å². The van der Waals surface area contributed by atoms with Gasteiger partial charge >= 0.3 is 0 Å². The molecule has 0 unspecified atom stereocenters. The fourth-order valence-corrected chi connectivity index (χ4v) is 4.30. The zero-order chi connectivity index (χ0) is 12.3. The molecule has 0 aromatic rings. The standard InChI is InChI=1S/C15H22O2/c1-14-7-6-11(16)13(14)10-4-3-5-12(17)15(10,2)9-8-14/h12,17H,3-9H2,1-2H3/t12-,14+,15+/m0/s1. The second-order valence-corrected chi connectivity index (χ2v) is 6.66. The number of aliphatic hydroxyl groups excluding tert-OH is 1. The van der Waals surface area contributed by atoms with Crippen LogP contribution in [0.3, 0.4) is 0 Å². The number of carbonyl (C=O) groups is 1. The zero-order valence-corrected chi connectivity index (χ0v) is 10.9. The van der Waals surface area contributed by atoms with E-state index in [1.54, 1.807) is 0 Å². The molecule has 0 amide bonds. The third-order valence-corrected chi connectivity index (χ3v) is 5.61. The third kappa shape index (κ3) is 1.40. The Kier molecular flexibility index (Phi) is 2.32. The average Bonchev–Trinajstić information content (AvgIpc) is 2.59. The molecule has 2 nitrogen and oxygen atoms in total. The monoisotopic (exact) mass is 234 g/mol. The molecule has 3 aliphatic rings. The summed E-state index contributed by atoms with van der Waals surface area (Å²) in [6.07, 6.45) is 6.61. The minimum Gasteiger partial charge on any atom is -0.392 e. The lowest BCUT2D eigenvalue weighted by atomic mass is 9.57. The van der Waals surface area contributed by atoms with E-state index in [9.17, 15) is 9.90 Å². The molecule has 2 fully saturated rings. The quantitative estimate of drug-likeness (QED) is 0.699. The predicted molar refractivity (Wildman–Crippen MR) is 66.6 cm³/mol. The Morgan fingerprint density at radius 1 is 1.18 bits per heavy atom. The van der Waals surface area contributed by atoms with E-state index in [-0.39, 0.29) is 16.9 Å². The van der Waals surface area contributed by atoms with Crippen molar-refractivity contribution in [3.8, 4) is 0 Å². The van der Waals surface area contributed by atoms with Crippen LogP contribution in [0.5, 0.6) is 0 Å². The molecule has 0 heterocycles. The van der Waals surface area contributed by atoms with Crippen LogP contribution in [-0.4, -0.2) is 17.0 Å². The SMILES string of the molecule is C[C@]12CCC(=O)C1=C1CCC[C@H](O)[C@]1(C)CC2. The largest absolute Gasteiger partial charge is 0.392 e. The molecular formula is C15H22O2. The number of Topliss-reactive ketones (excluding diaryl/α,β-unsaturated/α-hetero) is 1. The van der Waals surface area contributed by atoms with Gasteiger partial charge in [0.2, 0.25) is 0 Å². The van der Waals surface area contributed by atoms with Gasteiger partial charge in [-0.15, -0.1) is 0 Å². The van der Waals surface area contributed by atoms with Crippen LogP contribution in [0.1, 0.15) is 58.8 Å². The van der Waals surface area contributed by atoms with Gasteiger partial charge in [0.05, 0.1) is 6.10 Å². The van der Waals surface area contributed by atoms with E-state index < -0.39 is 0 Å². The lowest BCUT2D eigenvalue weighted by Crippen LogP contribution is -2.43. The van der Waals surface area contributed by atoms with Crippen LogP contribution in [-0.2, 0) is 4.79 Å². The minimum atomic E-state index is -0.239. The molecular weight excluding hydrogens is 212 g/mol. The first kappa shape index (κ1) is 11.5. The van der Waals surface area contributed by atoms with Gasteiger partial charge in [0.1, 0.15) is 0 Å². The summed E-state index contributed by atoms with van der Waals surface area (Å²) >= 11 is 0. The Morgan fingerprint density at radius 3 is 2.71 bits per heavy atom. The van der Waals surface area contributed by atoms with Gasteiger partial charge in [0, 0.05) is 17.4 Å². The van der Waals surface area contributed by atoms with Gasteiger partial charge < -0.3 is 5.11 Å². The molecule has 3 rings (SSSR count). The molecule has 3 atom stereocenters. The van der Waals surface area contributed by atoms with Gasteiger partial charge in [-0.3, -0.25) is 4.79 Å². The molecule has 0 aliphatic heterocycles. The molecule has 0 aromatic heterocycles. The van der Waals surface area contributed by atoms with Crippen molar-refractivity contribution in [2.24, 2.45) is 10.8 Å². The molecule has 94 valence electrons. The van der Waals surface area contributed by atoms with Gasteiger partial charge in [0.15, 0.2) is 5.78 Å². The lowest BCUT2D eigenvalue weighted by Gasteiger charge is -2.48. The summed E-state index contributed by atoms with van der Waals surface area (Å²) in [5.74, 6) is 0.363. The lowest BCUT2D eigenvalue weighted by molar-refractivity contribution is -0.115.